The van der Waals surface area contributed by atoms with Crippen LogP contribution in [0.1, 0.15) is 22.8 Å². The Morgan fingerprint density at radius 3 is 2.63 bits per heavy atom. The van der Waals surface area contributed by atoms with Crippen LogP contribution in [0.15, 0.2) is 47.5 Å². The zero-order valence-corrected chi connectivity index (χ0v) is 16.7. The van der Waals surface area contributed by atoms with E-state index < -0.39 is 0 Å². The normalized spacial score (nSPS) is 13.1. The summed E-state index contributed by atoms with van der Waals surface area (Å²) < 4.78 is 2.10. The maximum absolute atomic E-state index is 6.46. The fourth-order valence-corrected chi connectivity index (χ4v) is 3.63. The van der Waals surface area contributed by atoms with Gasteiger partial charge in [-0.15, -0.1) is 10.2 Å². The van der Waals surface area contributed by atoms with Crippen LogP contribution >= 0.6 is 23.2 Å². The fourth-order valence-electron chi connectivity index (χ4n) is 3.23. The molecule has 5 nitrogen and oxygen atoms in total. The van der Waals surface area contributed by atoms with Crippen molar-refractivity contribution in [3.63, 3.8) is 0 Å². The van der Waals surface area contributed by atoms with Crippen molar-refractivity contribution in [1.82, 2.24) is 19.7 Å². The van der Waals surface area contributed by atoms with Gasteiger partial charge in [-0.25, -0.2) is 0 Å². The molecule has 0 saturated heterocycles. The lowest BCUT2D eigenvalue weighted by Gasteiger charge is -2.15. The molecule has 0 unspecified atom stereocenters. The predicted octanol–water partition coefficient (Wildman–Crippen LogP) is 4.03. The first-order valence-corrected chi connectivity index (χ1v) is 9.47. The summed E-state index contributed by atoms with van der Waals surface area (Å²) in [7, 11) is 4.10. The molecule has 27 heavy (non-hydrogen) atoms. The van der Waals surface area contributed by atoms with Crippen molar-refractivity contribution in [1.29, 1.82) is 0 Å². The van der Waals surface area contributed by atoms with E-state index in [0.29, 0.717) is 16.6 Å². The van der Waals surface area contributed by atoms with E-state index in [4.69, 9.17) is 28.2 Å². The lowest BCUT2D eigenvalue weighted by Crippen LogP contribution is -2.18. The van der Waals surface area contributed by atoms with E-state index in [9.17, 15) is 0 Å². The first-order valence-electron chi connectivity index (χ1n) is 8.72. The van der Waals surface area contributed by atoms with Crippen molar-refractivity contribution in [2.75, 3.05) is 20.6 Å². The number of aliphatic imine (C=N–C) groups is 1. The smallest absolute Gasteiger partial charge is 0.159 e. The van der Waals surface area contributed by atoms with Gasteiger partial charge in [-0.05, 0) is 38.4 Å². The van der Waals surface area contributed by atoms with Crippen molar-refractivity contribution in [3.8, 4) is 5.69 Å². The molecule has 0 atom stereocenters. The number of benzene rings is 2. The highest BCUT2D eigenvalue weighted by atomic mass is 35.5. The van der Waals surface area contributed by atoms with Gasteiger partial charge < -0.3 is 4.90 Å². The average molecular weight is 400 g/mol. The van der Waals surface area contributed by atoms with Crippen LogP contribution in [0.4, 0.5) is 0 Å². The van der Waals surface area contributed by atoms with Gasteiger partial charge in [0.25, 0.3) is 0 Å². The number of aromatic nitrogens is 3. The minimum atomic E-state index is 0.432. The summed E-state index contributed by atoms with van der Waals surface area (Å²) >= 11 is 12.8. The molecule has 1 aliphatic heterocycles. The quantitative estimate of drug-likeness (QED) is 0.665. The van der Waals surface area contributed by atoms with E-state index in [1.54, 1.807) is 0 Å². The highest BCUT2D eigenvalue weighted by Gasteiger charge is 2.24. The molecule has 1 aromatic heterocycles. The van der Waals surface area contributed by atoms with Crippen LogP contribution in [-0.2, 0) is 13.0 Å². The molecule has 0 spiro atoms. The Morgan fingerprint density at radius 1 is 1.04 bits per heavy atom. The maximum Gasteiger partial charge on any atom is 0.159 e. The van der Waals surface area contributed by atoms with Crippen molar-refractivity contribution in [2.24, 2.45) is 4.99 Å². The predicted molar refractivity (Wildman–Crippen MR) is 109 cm³/mol. The molecular weight excluding hydrogens is 381 g/mol. The van der Waals surface area contributed by atoms with Crippen LogP contribution in [0.2, 0.25) is 10.0 Å². The molecule has 1 aliphatic rings. The second-order valence-electron chi connectivity index (χ2n) is 6.73. The molecule has 0 saturated carbocycles. The van der Waals surface area contributed by atoms with Crippen molar-refractivity contribution < 1.29 is 0 Å². The Morgan fingerprint density at radius 2 is 1.85 bits per heavy atom. The molecule has 0 N–H and O–H groups in total. The summed E-state index contributed by atoms with van der Waals surface area (Å²) in [5.41, 5.74) is 3.61. The number of rotatable bonds is 4. The second-order valence-corrected chi connectivity index (χ2v) is 7.57. The molecule has 7 heteroatoms. The van der Waals surface area contributed by atoms with Crippen molar-refractivity contribution in [3.05, 3.63) is 75.3 Å². The molecule has 0 bridgehead atoms. The Kier molecular flexibility index (Phi) is 5.00. The molecule has 0 aliphatic carbocycles. The lowest BCUT2D eigenvalue weighted by atomic mass is 10.0. The number of halogens is 2. The number of likely N-dealkylation sites (N-methyl/N-ethyl adjacent to an activating group) is 1. The molecule has 138 valence electrons. The van der Waals surface area contributed by atoms with E-state index in [2.05, 4.69) is 19.7 Å². The first kappa shape index (κ1) is 18.2. The average Bonchev–Trinajstić information content (AvgIpc) is 2.97. The summed E-state index contributed by atoms with van der Waals surface area (Å²) in [5, 5.41) is 10.1. The van der Waals surface area contributed by atoms with E-state index in [-0.39, 0.29) is 0 Å². The van der Waals surface area contributed by atoms with Crippen molar-refractivity contribution >= 4 is 28.9 Å². The standard InChI is InChI=1S/C20H19Cl2N5/c1-26(2)10-9-18-24-25-19-12-23-20(14-5-3-4-6-16(14)22)15-11-13(21)7-8-17(15)27(18)19/h3-8,11H,9-10,12H2,1-2H3. The summed E-state index contributed by atoms with van der Waals surface area (Å²) in [6.07, 6.45) is 0.795. The number of hydrogen-bond donors (Lipinski definition) is 0. The monoisotopic (exact) mass is 399 g/mol. The van der Waals surface area contributed by atoms with Gasteiger partial charge in [-0.1, -0.05) is 41.4 Å². The van der Waals surface area contributed by atoms with E-state index in [1.165, 1.54) is 0 Å². The highest BCUT2D eigenvalue weighted by Crippen LogP contribution is 2.30. The molecular formula is C20H19Cl2N5. The van der Waals surface area contributed by atoms with Crippen molar-refractivity contribution in [2.45, 2.75) is 13.0 Å². The number of hydrogen-bond acceptors (Lipinski definition) is 4. The number of fused-ring (bicyclic) bond motifs is 3. The Labute approximate surface area is 168 Å². The fraction of sp³-hybridized carbons (Fsp3) is 0.250. The lowest BCUT2D eigenvalue weighted by molar-refractivity contribution is 0.408. The van der Waals surface area contributed by atoms with Crippen LogP contribution in [0, 0.1) is 0 Å². The summed E-state index contributed by atoms with van der Waals surface area (Å²) in [6.45, 7) is 1.32. The molecule has 2 aromatic carbocycles. The second kappa shape index (κ2) is 7.43. The van der Waals surface area contributed by atoms with E-state index in [1.807, 2.05) is 56.6 Å². The third-order valence-electron chi connectivity index (χ3n) is 4.54. The van der Waals surface area contributed by atoms with Gasteiger partial charge in [0.15, 0.2) is 5.82 Å². The van der Waals surface area contributed by atoms with E-state index in [0.717, 1.165) is 47.1 Å². The molecule has 2 heterocycles. The van der Waals surface area contributed by atoms with Gasteiger partial charge in [-0.3, -0.25) is 9.56 Å². The molecule has 0 radical (unpaired) electrons. The number of nitrogens with zero attached hydrogens (tertiary/aromatic N) is 5. The largest absolute Gasteiger partial charge is 0.309 e. The Bertz CT molecular complexity index is 1020. The van der Waals surface area contributed by atoms with Crippen LogP contribution in [0.5, 0.6) is 0 Å². The molecule has 4 rings (SSSR count). The van der Waals surface area contributed by atoms with Crippen LogP contribution in [0.25, 0.3) is 5.69 Å². The Balaban J connectivity index is 1.89. The zero-order chi connectivity index (χ0) is 19.0. The van der Waals surface area contributed by atoms with Gasteiger partial charge in [0.1, 0.15) is 12.4 Å². The SMILES string of the molecule is CN(C)CCc1nnc2n1-c1ccc(Cl)cc1C(c1ccccc1Cl)=NC2. The van der Waals surface area contributed by atoms with Gasteiger partial charge in [0.2, 0.25) is 0 Å². The van der Waals surface area contributed by atoms with Gasteiger partial charge in [0, 0.05) is 34.1 Å². The van der Waals surface area contributed by atoms with E-state index >= 15 is 0 Å². The molecule has 0 fully saturated rings. The summed E-state index contributed by atoms with van der Waals surface area (Å²) in [6, 6.07) is 13.5. The third-order valence-corrected chi connectivity index (χ3v) is 5.11. The highest BCUT2D eigenvalue weighted by molar-refractivity contribution is 6.36. The molecule has 0 amide bonds. The van der Waals surface area contributed by atoms with Gasteiger partial charge in [0.05, 0.1) is 11.4 Å². The topological polar surface area (TPSA) is 46.3 Å². The van der Waals surface area contributed by atoms with Crippen LogP contribution in [0.3, 0.4) is 0 Å². The molecule has 3 aromatic rings. The summed E-state index contributed by atoms with van der Waals surface area (Å²) in [4.78, 5) is 6.96. The van der Waals surface area contributed by atoms with Gasteiger partial charge >= 0.3 is 0 Å². The third kappa shape index (κ3) is 3.50. The van der Waals surface area contributed by atoms with Crippen LogP contribution in [-0.4, -0.2) is 46.0 Å². The zero-order valence-electron chi connectivity index (χ0n) is 15.2. The van der Waals surface area contributed by atoms with Gasteiger partial charge in [-0.2, -0.15) is 0 Å². The van der Waals surface area contributed by atoms with Crippen LogP contribution < -0.4 is 0 Å². The minimum absolute atomic E-state index is 0.432. The minimum Gasteiger partial charge on any atom is -0.309 e. The maximum atomic E-state index is 6.46. The Hall–Kier alpha value is -2.21. The first-order chi connectivity index (χ1) is 13.0. The summed E-state index contributed by atoms with van der Waals surface area (Å²) in [5.74, 6) is 1.73.